The highest BCUT2D eigenvalue weighted by Crippen LogP contribution is 2.31. The number of rotatable bonds is 3. The smallest absolute Gasteiger partial charge is 0.253 e. The minimum Gasteiger partial charge on any atom is -0.493 e. The minimum atomic E-state index is 0.111. The fourth-order valence-corrected chi connectivity index (χ4v) is 4.19. The van der Waals surface area contributed by atoms with Crippen LogP contribution >= 0.6 is 0 Å². The molecule has 2 aliphatic rings. The summed E-state index contributed by atoms with van der Waals surface area (Å²) in [5.74, 6) is 1.48. The monoisotopic (exact) mass is 370 g/mol. The van der Waals surface area contributed by atoms with Crippen molar-refractivity contribution >= 4 is 5.91 Å². The summed E-state index contributed by atoms with van der Waals surface area (Å²) in [6, 6.07) is 18.3. The lowest BCUT2D eigenvalue weighted by Gasteiger charge is -2.17. The molecule has 1 saturated heterocycles. The molecule has 0 radical (unpaired) electrons. The Bertz CT molecular complexity index is 999. The Kier molecular flexibility index (Phi) is 4.32. The van der Waals surface area contributed by atoms with Gasteiger partial charge in [0.05, 0.1) is 6.61 Å². The van der Waals surface area contributed by atoms with Crippen molar-refractivity contribution in [2.24, 2.45) is 0 Å². The molecule has 1 aromatic heterocycles. The van der Waals surface area contributed by atoms with Crippen LogP contribution in [0, 0.1) is 0 Å². The van der Waals surface area contributed by atoms with E-state index in [2.05, 4.69) is 23.2 Å². The van der Waals surface area contributed by atoms with Gasteiger partial charge in [0.2, 0.25) is 0 Å². The van der Waals surface area contributed by atoms with E-state index in [9.17, 15) is 4.79 Å². The number of aromatic nitrogens is 1. The van der Waals surface area contributed by atoms with Crippen molar-refractivity contribution in [2.45, 2.75) is 18.8 Å². The topological polar surface area (TPSA) is 42.4 Å². The number of hydrogen-bond acceptors (Lipinski definition) is 3. The van der Waals surface area contributed by atoms with Gasteiger partial charge in [-0.15, -0.1) is 0 Å². The van der Waals surface area contributed by atoms with Crippen LogP contribution in [-0.4, -0.2) is 35.5 Å². The molecule has 0 spiro atoms. The molecule has 1 amide bonds. The predicted octanol–water partition coefficient (Wildman–Crippen LogP) is 4.31. The van der Waals surface area contributed by atoms with Crippen LogP contribution in [0.4, 0.5) is 0 Å². The van der Waals surface area contributed by atoms with Crippen molar-refractivity contribution in [2.75, 3.05) is 19.7 Å². The number of hydrogen-bond donors (Lipinski definition) is 0. The highest BCUT2D eigenvalue weighted by Gasteiger charge is 2.28. The second-order valence-electron chi connectivity index (χ2n) is 7.52. The van der Waals surface area contributed by atoms with Gasteiger partial charge < -0.3 is 9.64 Å². The minimum absolute atomic E-state index is 0.111. The highest BCUT2D eigenvalue weighted by atomic mass is 16.5. The molecule has 0 aliphatic carbocycles. The van der Waals surface area contributed by atoms with E-state index in [1.807, 2.05) is 47.5 Å². The Hall–Kier alpha value is -3.14. The Morgan fingerprint density at radius 3 is 2.75 bits per heavy atom. The number of ether oxygens (including phenoxy) is 1. The number of benzene rings is 2. The number of carbonyl (C=O) groups is 1. The molecule has 1 atom stereocenters. The van der Waals surface area contributed by atoms with E-state index in [0.717, 1.165) is 49.4 Å². The predicted molar refractivity (Wildman–Crippen MR) is 109 cm³/mol. The van der Waals surface area contributed by atoms with Crippen LogP contribution in [0.15, 0.2) is 67.0 Å². The molecule has 0 saturated carbocycles. The van der Waals surface area contributed by atoms with Crippen LogP contribution in [0.3, 0.4) is 0 Å². The summed E-state index contributed by atoms with van der Waals surface area (Å²) in [5, 5.41) is 0. The standard InChI is InChI=1S/C24H22N2O2/c27-24(26-12-9-22(16-26)21-2-1-11-25-15-21)18-5-3-17(4-6-18)19-7-8-23-20(14-19)10-13-28-23/h1-8,11,14-15,22H,9-10,12-13,16H2. The van der Waals surface area contributed by atoms with Crippen molar-refractivity contribution in [1.29, 1.82) is 0 Å². The first-order valence-electron chi connectivity index (χ1n) is 9.83. The summed E-state index contributed by atoms with van der Waals surface area (Å²) < 4.78 is 5.58. The van der Waals surface area contributed by atoms with Gasteiger partial charge in [-0.05, 0) is 59.0 Å². The van der Waals surface area contributed by atoms with E-state index in [0.29, 0.717) is 5.92 Å². The number of carbonyl (C=O) groups excluding carboxylic acids is 1. The van der Waals surface area contributed by atoms with Crippen LogP contribution in [0.5, 0.6) is 5.75 Å². The zero-order valence-corrected chi connectivity index (χ0v) is 15.7. The van der Waals surface area contributed by atoms with Crippen LogP contribution in [-0.2, 0) is 6.42 Å². The number of pyridine rings is 1. The molecular formula is C24H22N2O2. The lowest BCUT2D eigenvalue weighted by atomic mass is 10.00. The Morgan fingerprint density at radius 1 is 1.07 bits per heavy atom. The molecule has 140 valence electrons. The van der Waals surface area contributed by atoms with Crippen molar-refractivity contribution in [3.05, 3.63) is 83.7 Å². The summed E-state index contributed by atoms with van der Waals surface area (Å²) in [4.78, 5) is 19.1. The van der Waals surface area contributed by atoms with Gasteiger partial charge in [-0.25, -0.2) is 0 Å². The second kappa shape index (κ2) is 7.12. The molecule has 4 heteroatoms. The van der Waals surface area contributed by atoms with E-state index in [1.54, 1.807) is 6.20 Å². The fourth-order valence-electron chi connectivity index (χ4n) is 4.19. The third-order valence-electron chi connectivity index (χ3n) is 5.79. The zero-order valence-electron chi connectivity index (χ0n) is 15.7. The zero-order chi connectivity index (χ0) is 18.9. The first-order chi connectivity index (χ1) is 13.8. The average molecular weight is 370 g/mol. The van der Waals surface area contributed by atoms with Crippen molar-refractivity contribution in [1.82, 2.24) is 9.88 Å². The summed E-state index contributed by atoms with van der Waals surface area (Å²) in [6.45, 7) is 2.32. The van der Waals surface area contributed by atoms with Gasteiger partial charge in [0.1, 0.15) is 5.75 Å². The SMILES string of the molecule is O=C(c1ccc(-c2ccc3c(c2)CCO3)cc1)N1CCC(c2cccnc2)C1. The third kappa shape index (κ3) is 3.15. The molecule has 1 fully saturated rings. The molecular weight excluding hydrogens is 348 g/mol. The Balaban J connectivity index is 1.30. The van der Waals surface area contributed by atoms with Gasteiger partial charge in [0.15, 0.2) is 0 Å². The van der Waals surface area contributed by atoms with E-state index in [1.165, 1.54) is 16.7 Å². The first-order valence-corrected chi connectivity index (χ1v) is 9.83. The number of amides is 1. The summed E-state index contributed by atoms with van der Waals surface area (Å²) in [7, 11) is 0. The molecule has 0 bridgehead atoms. The normalized spacial score (nSPS) is 18.0. The van der Waals surface area contributed by atoms with E-state index >= 15 is 0 Å². The number of likely N-dealkylation sites (tertiary alicyclic amines) is 1. The summed E-state index contributed by atoms with van der Waals surface area (Å²) >= 11 is 0. The lowest BCUT2D eigenvalue weighted by Crippen LogP contribution is -2.28. The fraction of sp³-hybridized carbons (Fsp3) is 0.250. The Labute approximate surface area is 164 Å². The Morgan fingerprint density at radius 2 is 1.93 bits per heavy atom. The number of fused-ring (bicyclic) bond motifs is 1. The van der Waals surface area contributed by atoms with Gasteiger partial charge in [0.25, 0.3) is 5.91 Å². The molecule has 28 heavy (non-hydrogen) atoms. The lowest BCUT2D eigenvalue weighted by molar-refractivity contribution is 0.0791. The van der Waals surface area contributed by atoms with Gasteiger partial charge in [-0.3, -0.25) is 9.78 Å². The molecule has 2 aromatic carbocycles. The van der Waals surface area contributed by atoms with Crippen LogP contribution in [0.2, 0.25) is 0 Å². The molecule has 4 nitrogen and oxygen atoms in total. The quantitative estimate of drug-likeness (QED) is 0.690. The number of nitrogens with zero attached hydrogens (tertiary/aromatic N) is 2. The van der Waals surface area contributed by atoms with Crippen molar-refractivity contribution in [3.63, 3.8) is 0 Å². The second-order valence-corrected chi connectivity index (χ2v) is 7.52. The van der Waals surface area contributed by atoms with Crippen LogP contribution < -0.4 is 4.74 Å². The van der Waals surface area contributed by atoms with Crippen molar-refractivity contribution < 1.29 is 9.53 Å². The van der Waals surface area contributed by atoms with Gasteiger partial charge in [-0.2, -0.15) is 0 Å². The van der Waals surface area contributed by atoms with Crippen molar-refractivity contribution in [3.8, 4) is 16.9 Å². The molecule has 3 aromatic rings. The third-order valence-corrected chi connectivity index (χ3v) is 5.79. The van der Waals surface area contributed by atoms with Gasteiger partial charge in [0, 0.05) is 43.4 Å². The van der Waals surface area contributed by atoms with Crippen LogP contribution in [0.25, 0.3) is 11.1 Å². The molecule has 3 heterocycles. The summed E-state index contributed by atoms with van der Waals surface area (Å²) in [6.07, 6.45) is 5.66. The molecule has 2 aliphatic heterocycles. The van der Waals surface area contributed by atoms with E-state index in [4.69, 9.17) is 4.74 Å². The molecule has 1 unspecified atom stereocenters. The average Bonchev–Trinajstić information content (AvgIpc) is 3.43. The van der Waals surface area contributed by atoms with Gasteiger partial charge >= 0.3 is 0 Å². The van der Waals surface area contributed by atoms with E-state index < -0.39 is 0 Å². The summed E-state index contributed by atoms with van der Waals surface area (Å²) in [5.41, 5.74) is 5.52. The van der Waals surface area contributed by atoms with Crippen LogP contribution in [0.1, 0.15) is 33.8 Å². The maximum absolute atomic E-state index is 12.9. The maximum atomic E-state index is 12.9. The molecule has 5 rings (SSSR count). The largest absolute Gasteiger partial charge is 0.493 e. The first kappa shape index (κ1) is 17.0. The maximum Gasteiger partial charge on any atom is 0.253 e. The van der Waals surface area contributed by atoms with Gasteiger partial charge in [-0.1, -0.05) is 24.3 Å². The highest BCUT2D eigenvalue weighted by molar-refractivity contribution is 5.95. The van der Waals surface area contributed by atoms with E-state index in [-0.39, 0.29) is 5.91 Å². The molecule has 0 N–H and O–H groups in total.